The van der Waals surface area contributed by atoms with Gasteiger partial charge in [0.05, 0.1) is 0 Å². The van der Waals surface area contributed by atoms with Crippen LogP contribution in [0.2, 0.25) is 0 Å². The van der Waals surface area contributed by atoms with Gasteiger partial charge in [-0.25, -0.2) is 9.59 Å². The summed E-state index contributed by atoms with van der Waals surface area (Å²) in [7, 11) is 0. The molecule has 0 atom stereocenters. The van der Waals surface area contributed by atoms with Crippen molar-refractivity contribution in [2.45, 2.75) is 12.3 Å². The second-order valence-electron chi connectivity index (χ2n) is 5.01. The van der Waals surface area contributed by atoms with Crippen LogP contribution in [0.5, 0.6) is 0 Å². The predicted molar refractivity (Wildman–Crippen MR) is 97.0 cm³/mol. The van der Waals surface area contributed by atoms with Gasteiger partial charge in [-0.05, 0) is 0 Å². The van der Waals surface area contributed by atoms with Gasteiger partial charge in [-0.1, -0.05) is 0 Å². The minimum absolute atomic E-state index is 0.0417. The van der Waals surface area contributed by atoms with E-state index in [2.05, 4.69) is 51.2 Å². The van der Waals surface area contributed by atoms with Crippen LogP contribution in [0.15, 0.2) is 0 Å². The normalized spacial score (nSPS) is 18.7. The Morgan fingerprint density at radius 2 is 0.643 bits per heavy atom. The fourth-order valence-corrected chi connectivity index (χ4v) is 1.91. The van der Waals surface area contributed by atoms with Gasteiger partial charge in [-0.3, -0.25) is 0 Å². The van der Waals surface area contributed by atoms with Gasteiger partial charge < -0.3 is 55.7 Å². The summed E-state index contributed by atoms with van der Waals surface area (Å²) in [6.07, 6.45) is -0.583. The molecule has 2 aromatic heterocycles. The number of urea groups is 2. The first-order valence-corrected chi connectivity index (χ1v) is 7.31. The first-order valence-electron chi connectivity index (χ1n) is 7.31. The van der Waals surface area contributed by atoms with Crippen LogP contribution in [0.3, 0.4) is 0 Å². The fraction of sp³-hybridized carbons (Fsp3) is 0.200. The van der Waals surface area contributed by atoms with E-state index < -0.39 is 0 Å². The SMILES string of the molecule is Nc1nc(N)nc(N)n1.Nc1nc(N)nc(N)n1.O=C1NC2NC(=O)NC2N1. The largest absolute Gasteiger partial charge is 0.368 e. The Morgan fingerprint density at radius 3 is 0.821 bits per heavy atom. The Balaban J connectivity index is 0.000000151. The molecule has 0 bridgehead atoms. The molecule has 150 valence electrons. The van der Waals surface area contributed by atoms with Crippen molar-refractivity contribution in [2.75, 3.05) is 34.4 Å². The number of hydrogen-bond acceptors (Lipinski definition) is 14. The van der Waals surface area contributed by atoms with Crippen LogP contribution >= 0.6 is 0 Å². The fourth-order valence-electron chi connectivity index (χ4n) is 1.91. The van der Waals surface area contributed by atoms with Crippen LogP contribution in [0.1, 0.15) is 0 Å². The van der Waals surface area contributed by atoms with E-state index in [4.69, 9.17) is 34.4 Å². The van der Waals surface area contributed by atoms with E-state index in [1.807, 2.05) is 0 Å². The van der Waals surface area contributed by atoms with E-state index in [1.165, 1.54) is 0 Å². The molecular weight excluding hydrogens is 376 g/mol. The van der Waals surface area contributed by atoms with Gasteiger partial charge in [0.2, 0.25) is 35.7 Å². The first-order chi connectivity index (χ1) is 13.1. The highest BCUT2D eigenvalue weighted by Crippen LogP contribution is 2.00. The number of aromatic nitrogens is 6. The number of anilines is 6. The minimum atomic E-state index is -0.292. The van der Waals surface area contributed by atoms with Crippen molar-refractivity contribution in [3.63, 3.8) is 0 Å². The maximum atomic E-state index is 10.5. The number of carbonyl (C=O) groups is 2. The van der Waals surface area contributed by atoms with Crippen LogP contribution in [0.4, 0.5) is 45.3 Å². The van der Waals surface area contributed by atoms with Crippen LogP contribution in [0, 0.1) is 0 Å². The zero-order chi connectivity index (χ0) is 20.8. The molecule has 2 fully saturated rings. The molecule has 2 saturated heterocycles. The number of hydrogen-bond donors (Lipinski definition) is 10. The summed E-state index contributed by atoms with van der Waals surface area (Å²) in [6.45, 7) is 0. The second kappa shape index (κ2) is 8.16. The highest BCUT2D eigenvalue weighted by atomic mass is 16.2. The molecule has 0 unspecified atom stereocenters. The number of nitrogens with zero attached hydrogens (tertiary/aromatic N) is 6. The summed E-state index contributed by atoms with van der Waals surface area (Å²) in [5, 5.41) is 10.0. The molecule has 4 amide bonds. The lowest BCUT2D eigenvalue weighted by molar-refractivity contribution is 0.239. The molecule has 4 heterocycles. The summed E-state index contributed by atoms with van der Waals surface area (Å²) < 4.78 is 0. The molecule has 2 aromatic rings. The minimum Gasteiger partial charge on any atom is -0.368 e. The molecule has 18 nitrogen and oxygen atoms in total. The third kappa shape index (κ3) is 5.72. The van der Waals surface area contributed by atoms with Crippen LogP contribution in [-0.4, -0.2) is 54.3 Å². The first kappa shape index (κ1) is 19.7. The summed E-state index contributed by atoms with van der Waals surface area (Å²) in [4.78, 5) is 42.0. The van der Waals surface area contributed by atoms with E-state index in [0.717, 1.165) is 0 Å². The van der Waals surface area contributed by atoms with Gasteiger partial charge in [-0.15, -0.1) is 0 Å². The number of amides is 4. The molecule has 4 rings (SSSR count). The average molecular weight is 394 g/mol. The molecule has 28 heavy (non-hydrogen) atoms. The molecule has 0 saturated carbocycles. The Hall–Kier alpha value is -4.64. The molecule has 0 aliphatic carbocycles. The molecule has 2 aliphatic rings. The van der Waals surface area contributed by atoms with Crippen molar-refractivity contribution in [1.29, 1.82) is 0 Å². The number of fused-ring (bicyclic) bond motifs is 1. The molecular formula is C10H18N16O2. The van der Waals surface area contributed by atoms with Crippen molar-refractivity contribution < 1.29 is 9.59 Å². The standard InChI is InChI=1S/C4H6N4O2.2C3H6N6/c9-3-5-1-2(7-3)8-4(10)6-1;2*4-1-7-2(5)9-3(6)8-1/h1-2H,(H2,5,7,9)(H2,6,8,10);2*(H6,4,5,6,7,8,9). The molecule has 16 N–H and O–H groups in total. The lowest BCUT2D eigenvalue weighted by atomic mass is 10.4. The van der Waals surface area contributed by atoms with Crippen molar-refractivity contribution in [3.8, 4) is 0 Å². The van der Waals surface area contributed by atoms with Gasteiger partial charge in [0.1, 0.15) is 12.3 Å². The van der Waals surface area contributed by atoms with E-state index in [0.29, 0.717) is 0 Å². The number of nitrogen functional groups attached to an aromatic ring is 6. The summed E-state index contributed by atoms with van der Waals surface area (Å²) in [5.74, 6) is 0.250. The molecule has 18 heteroatoms. The summed E-state index contributed by atoms with van der Waals surface area (Å²) in [5.41, 5.74) is 30.8. The highest BCUT2D eigenvalue weighted by Gasteiger charge is 2.38. The third-order valence-corrected chi connectivity index (χ3v) is 2.85. The Labute approximate surface area is 156 Å². The smallest absolute Gasteiger partial charge is 0.318 e. The van der Waals surface area contributed by atoms with E-state index in [9.17, 15) is 9.59 Å². The molecule has 0 spiro atoms. The summed E-state index contributed by atoms with van der Waals surface area (Å²) in [6, 6.07) is -0.523. The van der Waals surface area contributed by atoms with Gasteiger partial charge >= 0.3 is 12.1 Å². The zero-order valence-electron chi connectivity index (χ0n) is 14.1. The van der Waals surface area contributed by atoms with E-state index in [1.54, 1.807) is 0 Å². The zero-order valence-corrected chi connectivity index (χ0v) is 14.1. The maximum absolute atomic E-state index is 10.5. The lowest BCUT2D eigenvalue weighted by Crippen LogP contribution is -2.39. The van der Waals surface area contributed by atoms with Gasteiger partial charge in [0.25, 0.3) is 0 Å². The predicted octanol–water partition coefficient (Wildman–Crippen LogP) is -4.50. The van der Waals surface area contributed by atoms with Crippen molar-refractivity contribution in [2.24, 2.45) is 0 Å². The van der Waals surface area contributed by atoms with Gasteiger partial charge in [-0.2, -0.15) is 29.9 Å². The summed E-state index contributed by atoms with van der Waals surface area (Å²) >= 11 is 0. The van der Waals surface area contributed by atoms with Gasteiger partial charge in [0, 0.05) is 0 Å². The molecule has 2 aliphatic heterocycles. The second-order valence-corrected chi connectivity index (χ2v) is 5.01. The number of carbonyl (C=O) groups excluding carboxylic acids is 2. The lowest BCUT2D eigenvalue weighted by Gasteiger charge is -2.02. The van der Waals surface area contributed by atoms with Crippen molar-refractivity contribution in [1.82, 2.24) is 51.2 Å². The monoisotopic (exact) mass is 394 g/mol. The Bertz CT molecular complexity index is 684. The quantitative estimate of drug-likeness (QED) is 0.201. The van der Waals surface area contributed by atoms with Gasteiger partial charge in [0.15, 0.2) is 0 Å². The van der Waals surface area contributed by atoms with E-state index >= 15 is 0 Å². The van der Waals surface area contributed by atoms with Crippen molar-refractivity contribution in [3.05, 3.63) is 0 Å². The topological polar surface area (TPSA) is 316 Å². The molecule has 0 radical (unpaired) electrons. The molecule has 0 aromatic carbocycles. The maximum Gasteiger partial charge on any atom is 0.318 e. The average Bonchev–Trinajstić information content (AvgIpc) is 3.00. The highest BCUT2D eigenvalue weighted by molar-refractivity contribution is 5.84. The Morgan fingerprint density at radius 1 is 0.464 bits per heavy atom. The third-order valence-electron chi connectivity index (χ3n) is 2.85. The Kier molecular flexibility index (Phi) is 5.74. The number of nitrogens with one attached hydrogen (secondary N) is 4. The van der Waals surface area contributed by atoms with Crippen LogP contribution in [-0.2, 0) is 0 Å². The van der Waals surface area contributed by atoms with Crippen LogP contribution in [0.25, 0.3) is 0 Å². The van der Waals surface area contributed by atoms with Crippen molar-refractivity contribution >= 4 is 47.8 Å². The number of nitrogens with two attached hydrogens (primary N) is 6. The van der Waals surface area contributed by atoms with E-state index in [-0.39, 0.29) is 60.1 Å². The number of rotatable bonds is 0. The van der Waals surface area contributed by atoms with Crippen LogP contribution < -0.4 is 55.7 Å².